The van der Waals surface area contributed by atoms with Gasteiger partial charge in [0.25, 0.3) is 0 Å². The molecule has 3 heterocycles. The number of likely N-dealkylation sites (tertiary alicyclic amines) is 1. The largest absolute Gasteiger partial charge is 0.314 e. The molecule has 0 radical (unpaired) electrons. The summed E-state index contributed by atoms with van der Waals surface area (Å²) in [5.74, 6) is 2.39. The van der Waals surface area contributed by atoms with Gasteiger partial charge in [0.15, 0.2) is 0 Å². The van der Waals surface area contributed by atoms with E-state index in [1.165, 1.54) is 9.77 Å². The highest BCUT2D eigenvalue weighted by Crippen LogP contribution is 2.33. The molecule has 0 atom stereocenters. The molecule has 1 aromatic heterocycles. The number of benzene rings is 1. The minimum absolute atomic E-state index is 0.273. The number of nitrogens with zero attached hydrogens (tertiary/aromatic N) is 2. The predicted octanol–water partition coefficient (Wildman–Crippen LogP) is 5.18. The Morgan fingerprint density at radius 1 is 1.11 bits per heavy atom. The fraction of sp³-hybridized carbons (Fsp3) is 0.429. The van der Waals surface area contributed by atoms with Crippen LogP contribution in [0.15, 0.2) is 44.4 Å². The third kappa shape index (κ3) is 4.53. The number of hydrogen-bond acceptors (Lipinski definition) is 5. The van der Waals surface area contributed by atoms with Crippen molar-refractivity contribution in [2.75, 3.05) is 31.9 Å². The normalized spacial score (nSPS) is 18.8. The van der Waals surface area contributed by atoms with Crippen molar-refractivity contribution in [1.29, 1.82) is 10.8 Å². The van der Waals surface area contributed by atoms with Crippen molar-refractivity contribution in [2.24, 2.45) is 5.92 Å². The smallest absolute Gasteiger partial charge is 0.135 e. The highest BCUT2D eigenvalue weighted by Gasteiger charge is 2.30. The minimum atomic E-state index is 0.273. The van der Waals surface area contributed by atoms with Gasteiger partial charge < -0.3 is 9.80 Å². The first-order valence-electron chi connectivity index (χ1n) is 9.74. The van der Waals surface area contributed by atoms with Crippen molar-refractivity contribution in [1.82, 2.24) is 9.80 Å². The summed E-state index contributed by atoms with van der Waals surface area (Å²) in [5, 5.41) is 19.5. The van der Waals surface area contributed by atoms with Gasteiger partial charge >= 0.3 is 0 Å². The van der Waals surface area contributed by atoms with Crippen LogP contribution in [0.4, 0.5) is 0 Å². The van der Waals surface area contributed by atoms with Crippen LogP contribution in [0.25, 0.3) is 0 Å². The van der Waals surface area contributed by atoms with Crippen LogP contribution in [0.2, 0.25) is 0 Å². The summed E-state index contributed by atoms with van der Waals surface area (Å²) in [5.41, 5.74) is 2.38. The highest BCUT2D eigenvalue weighted by molar-refractivity contribution is 9.10. The van der Waals surface area contributed by atoms with Crippen LogP contribution < -0.4 is 0 Å². The summed E-state index contributed by atoms with van der Waals surface area (Å²) in [4.78, 5) is 4.47. The minimum Gasteiger partial charge on any atom is -0.314 e. The molecule has 0 bridgehead atoms. The van der Waals surface area contributed by atoms with E-state index in [1.807, 2.05) is 22.7 Å². The molecule has 2 aliphatic rings. The van der Waals surface area contributed by atoms with Gasteiger partial charge in [0, 0.05) is 34.8 Å². The topological polar surface area (TPSA) is 54.2 Å². The zero-order chi connectivity index (χ0) is 19.5. The summed E-state index contributed by atoms with van der Waals surface area (Å²) in [6, 6.07) is 10.6. The zero-order valence-corrected chi connectivity index (χ0v) is 19.0. The number of fused-ring (bicyclic) bond motifs is 1. The Morgan fingerprint density at radius 3 is 2.61 bits per heavy atom. The number of rotatable bonds is 4. The molecule has 28 heavy (non-hydrogen) atoms. The number of hydrogen-bond donors (Lipinski definition) is 2. The second kappa shape index (κ2) is 9.11. The molecule has 148 valence electrons. The number of halogens is 1. The van der Waals surface area contributed by atoms with E-state index in [9.17, 15) is 0 Å². The van der Waals surface area contributed by atoms with Crippen LogP contribution in [-0.2, 0) is 6.42 Å². The first-order chi connectivity index (χ1) is 13.6. The molecular formula is C21H25BrN4S2. The average Bonchev–Trinajstić information content (AvgIpc) is 3.13. The van der Waals surface area contributed by atoms with E-state index >= 15 is 0 Å². The first kappa shape index (κ1) is 20.1. The van der Waals surface area contributed by atoms with E-state index in [0.29, 0.717) is 11.7 Å². The molecule has 1 fully saturated rings. The van der Waals surface area contributed by atoms with Gasteiger partial charge in [-0.15, -0.1) is 23.1 Å². The Morgan fingerprint density at radius 2 is 1.86 bits per heavy atom. The number of thiophene rings is 1. The van der Waals surface area contributed by atoms with Gasteiger partial charge in [-0.3, -0.25) is 10.8 Å². The quantitative estimate of drug-likeness (QED) is 0.472. The van der Waals surface area contributed by atoms with Crippen LogP contribution in [-0.4, -0.2) is 53.4 Å². The predicted molar refractivity (Wildman–Crippen MR) is 123 cm³/mol. The molecule has 0 spiro atoms. The van der Waals surface area contributed by atoms with E-state index < -0.39 is 0 Å². The van der Waals surface area contributed by atoms with E-state index in [4.69, 9.17) is 10.8 Å². The molecule has 0 aliphatic carbocycles. The van der Waals surface area contributed by atoms with Crippen LogP contribution in [0, 0.1) is 16.7 Å². The van der Waals surface area contributed by atoms with Crippen LogP contribution in [0.5, 0.6) is 0 Å². The molecule has 1 saturated heterocycles. The third-order valence-electron chi connectivity index (χ3n) is 5.60. The van der Waals surface area contributed by atoms with Gasteiger partial charge in [-0.1, -0.05) is 28.1 Å². The second-order valence-corrected chi connectivity index (χ2v) is 10.5. The highest BCUT2D eigenvalue weighted by atomic mass is 79.9. The van der Waals surface area contributed by atoms with Gasteiger partial charge in [0.05, 0.1) is 4.21 Å². The van der Waals surface area contributed by atoms with Crippen molar-refractivity contribution in [3.8, 4) is 0 Å². The second-order valence-electron chi connectivity index (χ2n) is 7.35. The van der Waals surface area contributed by atoms with Gasteiger partial charge in [0.2, 0.25) is 0 Å². The number of amidine groups is 2. The van der Waals surface area contributed by atoms with E-state index in [-0.39, 0.29) is 5.92 Å². The molecule has 2 aromatic rings. The molecular weight excluding hydrogens is 452 g/mol. The number of piperidine rings is 1. The maximum atomic E-state index is 8.78. The van der Waals surface area contributed by atoms with E-state index in [1.54, 1.807) is 11.3 Å². The molecule has 0 unspecified atom stereocenters. The van der Waals surface area contributed by atoms with Crippen molar-refractivity contribution in [3.63, 3.8) is 0 Å². The van der Waals surface area contributed by atoms with Gasteiger partial charge in [0.1, 0.15) is 11.7 Å². The summed E-state index contributed by atoms with van der Waals surface area (Å²) in [6.45, 7) is 3.94. The van der Waals surface area contributed by atoms with Crippen molar-refractivity contribution >= 4 is 50.7 Å². The summed E-state index contributed by atoms with van der Waals surface area (Å²) < 4.78 is 2.35. The summed E-state index contributed by atoms with van der Waals surface area (Å²) in [7, 11) is 0. The van der Waals surface area contributed by atoms with Crippen molar-refractivity contribution < 1.29 is 0 Å². The van der Waals surface area contributed by atoms with Crippen molar-refractivity contribution in [3.05, 3.63) is 51.3 Å². The maximum absolute atomic E-state index is 8.78. The summed E-state index contributed by atoms with van der Waals surface area (Å²) in [6.07, 6.45) is 3.11. The fourth-order valence-corrected chi connectivity index (χ4v) is 6.25. The zero-order valence-electron chi connectivity index (χ0n) is 15.8. The van der Waals surface area contributed by atoms with Gasteiger partial charge in [-0.05, 0) is 61.5 Å². The molecule has 2 N–H and O–H groups in total. The Labute approximate surface area is 183 Å². The molecule has 0 saturated carbocycles. The van der Waals surface area contributed by atoms with E-state index in [2.05, 4.69) is 50.5 Å². The lowest BCUT2D eigenvalue weighted by Gasteiger charge is -2.35. The molecule has 0 amide bonds. The Balaban J connectivity index is 1.30. The standard InChI is InChI=1S/C21H25BrN4S2/c22-17-3-1-15(2-4-17)5-9-25-10-6-16(7-11-25)19(23)26-12-14-28-21-18(20(26)24)8-13-27-21/h1-4,8,13,16,23-24H,5-7,9-12,14H2. The fourth-order valence-electron chi connectivity index (χ4n) is 3.90. The lowest BCUT2D eigenvalue weighted by atomic mass is 9.94. The van der Waals surface area contributed by atoms with Crippen LogP contribution in [0.3, 0.4) is 0 Å². The Hall–Kier alpha value is -1.15. The van der Waals surface area contributed by atoms with Gasteiger partial charge in [-0.2, -0.15) is 0 Å². The van der Waals surface area contributed by atoms with Gasteiger partial charge in [-0.25, -0.2) is 0 Å². The van der Waals surface area contributed by atoms with Crippen molar-refractivity contribution in [2.45, 2.75) is 23.5 Å². The van der Waals surface area contributed by atoms with E-state index in [0.717, 1.165) is 61.2 Å². The number of thioether (sulfide) groups is 1. The van der Waals surface area contributed by atoms with Crippen LogP contribution >= 0.6 is 39.0 Å². The lowest BCUT2D eigenvalue weighted by molar-refractivity contribution is 0.207. The Bertz CT molecular complexity index is 840. The third-order valence-corrected chi connectivity index (χ3v) is 8.34. The monoisotopic (exact) mass is 476 g/mol. The molecule has 7 heteroatoms. The number of nitrogens with one attached hydrogen (secondary N) is 2. The Kier molecular flexibility index (Phi) is 6.55. The van der Waals surface area contributed by atoms with Crippen LogP contribution in [0.1, 0.15) is 24.0 Å². The first-order valence-corrected chi connectivity index (χ1v) is 12.4. The summed E-state index contributed by atoms with van der Waals surface area (Å²) >= 11 is 7.03. The lowest BCUT2D eigenvalue weighted by Crippen LogP contribution is -2.45. The average molecular weight is 477 g/mol. The molecule has 4 nitrogen and oxygen atoms in total. The molecule has 1 aromatic carbocycles. The molecule has 4 rings (SSSR count). The molecule has 2 aliphatic heterocycles. The SMILES string of the molecule is N=C1c2ccsc2SCCN1C(=N)C1CCN(CCc2ccc(Br)cc2)CC1. The maximum Gasteiger partial charge on any atom is 0.135 e.